The van der Waals surface area contributed by atoms with Gasteiger partial charge in [0.2, 0.25) is 5.89 Å². The van der Waals surface area contributed by atoms with Crippen LogP contribution in [0, 0.1) is 0 Å². The second kappa shape index (κ2) is 6.05. The van der Waals surface area contributed by atoms with E-state index in [1.807, 2.05) is 26.0 Å². The van der Waals surface area contributed by atoms with Gasteiger partial charge in [0.1, 0.15) is 5.76 Å². The zero-order valence-corrected chi connectivity index (χ0v) is 10.6. The molecule has 0 fully saturated rings. The minimum absolute atomic E-state index is 0.497. The van der Waals surface area contributed by atoms with Crippen molar-refractivity contribution in [3.63, 3.8) is 0 Å². The first kappa shape index (κ1) is 12.4. The molecule has 2 aromatic heterocycles. The molecule has 2 rings (SSSR count). The number of rotatable bonds is 6. The van der Waals surface area contributed by atoms with Crippen LogP contribution in [0.2, 0.25) is 0 Å². The lowest BCUT2D eigenvalue weighted by atomic mass is 10.4. The summed E-state index contributed by atoms with van der Waals surface area (Å²) in [5, 5.41) is 3.16. The first-order chi connectivity index (χ1) is 8.83. The summed E-state index contributed by atoms with van der Waals surface area (Å²) < 4.78 is 11.0. The molecule has 18 heavy (non-hydrogen) atoms. The SMILES string of the molecule is CCOc1cccnc1NCc1ncc(CC)o1. The van der Waals surface area contributed by atoms with Crippen LogP contribution in [0.25, 0.3) is 0 Å². The molecule has 0 unspecified atom stereocenters. The molecule has 0 saturated heterocycles. The van der Waals surface area contributed by atoms with E-state index >= 15 is 0 Å². The second-order valence-electron chi connectivity index (χ2n) is 3.71. The summed E-state index contributed by atoms with van der Waals surface area (Å²) in [6.07, 6.45) is 4.32. The third-order valence-corrected chi connectivity index (χ3v) is 2.43. The Morgan fingerprint density at radius 2 is 2.22 bits per heavy atom. The molecule has 0 atom stereocenters. The predicted molar refractivity (Wildman–Crippen MR) is 68.6 cm³/mol. The number of aryl methyl sites for hydroxylation is 1. The maximum Gasteiger partial charge on any atom is 0.213 e. The molecule has 2 aromatic rings. The number of hydrogen-bond acceptors (Lipinski definition) is 5. The van der Waals surface area contributed by atoms with Crippen LogP contribution in [-0.4, -0.2) is 16.6 Å². The standard InChI is InChI=1S/C13H17N3O2/c1-3-10-8-15-12(18-10)9-16-13-11(17-4-2)6-5-7-14-13/h5-8H,3-4,9H2,1-2H3,(H,14,16). The van der Waals surface area contributed by atoms with E-state index in [1.165, 1.54) is 0 Å². The number of nitrogens with zero attached hydrogens (tertiary/aromatic N) is 2. The van der Waals surface area contributed by atoms with E-state index < -0.39 is 0 Å². The third kappa shape index (κ3) is 3.00. The molecule has 0 aliphatic heterocycles. The highest BCUT2D eigenvalue weighted by molar-refractivity contribution is 5.49. The van der Waals surface area contributed by atoms with Gasteiger partial charge in [0.05, 0.1) is 19.3 Å². The molecule has 5 nitrogen and oxygen atoms in total. The molecule has 0 aliphatic carbocycles. The van der Waals surface area contributed by atoms with Gasteiger partial charge in [-0.2, -0.15) is 0 Å². The van der Waals surface area contributed by atoms with Gasteiger partial charge in [0.25, 0.3) is 0 Å². The Morgan fingerprint density at radius 3 is 2.94 bits per heavy atom. The van der Waals surface area contributed by atoms with Crippen LogP contribution in [-0.2, 0) is 13.0 Å². The molecule has 0 amide bonds. The fourth-order valence-electron chi connectivity index (χ4n) is 1.55. The van der Waals surface area contributed by atoms with Crippen molar-refractivity contribution in [3.8, 4) is 5.75 Å². The average molecular weight is 247 g/mol. The summed E-state index contributed by atoms with van der Waals surface area (Å²) in [4.78, 5) is 8.41. The molecule has 0 bridgehead atoms. The summed E-state index contributed by atoms with van der Waals surface area (Å²) >= 11 is 0. The lowest BCUT2D eigenvalue weighted by Crippen LogP contribution is -2.04. The molecular formula is C13H17N3O2. The molecule has 0 radical (unpaired) electrons. The van der Waals surface area contributed by atoms with Crippen molar-refractivity contribution >= 4 is 5.82 Å². The van der Waals surface area contributed by atoms with E-state index in [1.54, 1.807) is 12.4 Å². The molecule has 2 heterocycles. The summed E-state index contributed by atoms with van der Waals surface area (Å²) in [5.74, 6) is 2.98. The van der Waals surface area contributed by atoms with Gasteiger partial charge < -0.3 is 14.5 Å². The molecule has 5 heteroatoms. The fourth-order valence-corrected chi connectivity index (χ4v) is 1.55. The Balaban J connectivity index is 2.01. The first-order valence-electron chi connectivity index (χ1n) is 6.08. The number of ether oxygens (including phenoxy) is 1. The zero-order chi connectivity index (χ0) is 12.8. The number of nitrogens with one attached hydrogen (secondary N) is 1. The highest BCUT2D eigenvalue weighted by Gasteiger charge is 2.06. The van der Waals surface area contributed by atoms with Gasteiger partial charge in [-0.25, -0.2) is 9.97 Å². The number of oxazole rings is 1. The van der Waals surface area contributed by atoms with Crippen molar-refractivity contribution in [2.75, 3.05) is 11.9 Å². The van der Waals surface area contributed by atoms with Crippen molar-refractivity contribution < 1.29 is 9.15 Å². The maximum absolute atomic E-state index is 5.51. The summed E-state index contributed by atoms with van der Waals surface area (Å²) in [5.41, 5.74) is 0. The minimum atomic E-state index is 0.497. The zero-order valence-electron chi connectivity index (χ0n) is 10.6. The lowest BCUT2D eigenvalue weighted by Gasteiger charge is -2.09. The van der Waals surface area contributed by atoms with Crippen molar-refractivity contribution in [2.45, 2.75) is 26.8 Å². The van der Waals surface area contributed by atoms with Crippen LogP contribution in [0.15, 0.2) is 28.9 Å². The van der Waals surface area contributed by atoms with Crippen molar-refractivity contribution in [3.05, 3.63) is 36.2 Å². The van der Waals surface area contributed by atoms with Crippen molar-refractivity contribution in [1.82, 2.24) is 9.97 Å². The van der Waals surface area contributed by atoms with E-state index in [9.17, 15) is 0 Å². The minimum Gasteiger partial charge on any atom is -0.490 e. The van der Waals surface area contributed by atoms with E-state index in [2.05, 4.69) is 15.3 Å². The van der Waals surface area contributed by atoms with Crippen LogP contribution in [0.4, 0.5) is 5.82 Å². The highest BCUT2D eigenvalue weighted by Crippen LogP contribution is 2.21. The number of pyridine rings is 1. The monoisotopic (exact) mass is 247 g/mol. The molecular weight excluding hydrogens is 230 g/mol. The van der Waals surface area contributed by atoms with Crippen LogP contribution < -0.4 is 10.1 Å². The Kier molecular flexibility index (Phi) is 4.17. The fraction of sp³-hybridized carbons (Fsp3) is 0.385. The molecule has 0 spiro atoms. The van der Waals surface area contributed by atoms with Gasteiger partial charge >= 0.3 is 0 Å². The first-order valence-corrected chi connectivity index (χ1v) is 6.08. The molecule has 1 N–H and O–H groups in total. The topological polar surface area (TPSA) is 60.2 Å². The maximum atomic E-state index is 5.51. The van der Waals surface area contributed by atoms with Gasteiger partial charge in [-0.15, -0.1) is 0 Å². The number of hydrogen-bond donors (Lipinski definition) is 1. The van der Waals surface area contributed by atoms with E-state index in [0.29, 0.717) is 24.9 Å². The Hall–Kier alpha value is -2.04. The van der Waals surface area contributed by atoms with Gasteiger partial charge in [0.15, 0.2) is 11.6 Å². The van der Waals surface area contributed by atoms with Crippen LogP contribution in [0.1, 0.15) is 25.5 Å². The molecule has 96 valence electrons. The normalized spacial score (nSPS) is 10.3. The summed E-state index contributed by atoms with van der Waals surface area (Å²) in [6, 6.07) is 3.72. The predicted octanol–water partition coefficient (Wildman–Crippen LogP) is 2.64. The van der Waals surface area contributed by atoms with Gasteiger partial charge in [-0.3, -0.25) is 0 Å². The third-order valence-electron chi connectivity index (χ3n) is 2.43. The Bertz CT molecular complexity index is 496. The summed E-state index contributed by atoms with van der Waals surface area (Å²) in [6.45, 7) is 5.08. The number of anilines is 1. The molecule has 0 aliphatic rings. The Labute approximate surface area is 106 Å². The molecule has 0 saturated carbocycles. The lowest BCUT2D eigenvalue weighted by molar-refractivity contribution is 0.340. The smallest absolute Gasteiger partial charge is 0.213 e. The van der Waals surface area contributed by atoms with Crippen molar-refractivity contribution in [2.24, 2.45) is 0 Å². The summed E-state index contributed by atoms with van der Waals surface area (Å²) in [7, 11) is 0. The van der Waals surface area contributed by atoms with Gasteiger partial charge in [0, 0.05) is 12.6 Å². The quantitative estimate of drug-likeness (QED) is 0.850. The second-order valence-corrected chi connectivity index (χ2v) is 3.71. The van der Waals surface area contributed by atoms with E-state index in [-0.39, 0.29) is 0 Å². The van der Waals surface area contributed by atoms with Gasteiger partial charge in [-0.1, -0.05) is 6.92 Å². The van der Waals surface area contributed by atoms with E-state index in [0.717, 1.165) is 17.9 Å². The molecule has 0 aromatic carbocycles. The highest BCUT2D eigenvalue weighted by atomic mass is 16.5. The van der Waals surface area contributed by atoms with Crippen LogP contribution in [0.3, 0.4) is 0 Å². The largest absolute Gasteiger partial charge is 0.490 e. The van der Waals surface area contributed by atoms with Gasteiger partial charge in [-0.05, 0) is 19.1 Å². The van der Waals surface area contributed by atoms with Crippen LogP contribution in [0.5, 0.6) is 5.75 Å². The average Bonchev–Trinajstić information content (AvgIpc) is 2.86. The van der Waals surface area contributed by atoms with Crippen molar-refractivity contribution in [1.29, 1.82) is 0 Å². The number of aromatic nitrogens is 2. The van der Waals surface area contributed by atoms with Crippen LogP contribution >= 0.6 is 0 Å². The Morgan fingerprint density at radius 1 is 1.33 bits per heavy atom. The van der Waals surface area contributed by atoms with E-state index in [4.69, 9.17) is 9.15 Å².